The van der Waals surface area contributed by atoms with Gasteiger partial charge in [0.2, 0.25) is 0 Å². The molecule has 0 atom stereocenters. The summed E-state index contributed by atoms with van der Waals surface area (Å²) < 4.78 is 0. The molecule has 11 heavy (non-hydrogen) atoms. The molecule has 0 N–H and O–H groups in total. The molecular formula is C11H14. The number of allylic oxidation sites excluding steroid dienone is 6. The Hall–Kier alpha value is -0.780. The Morgan fingerprint density at radius 2 is 2.09 bits per heavy atom. The Morgan fingerprint density at radius 1 is 1.27 bits per heavy atom. The zero-order valence-electron chi connectivity index (χ0n) is 7.01. The van der Waals surface area contributed by atoms with Gasteiger partial charge in [0.05, 0.1) is 0 Å². The smallest absolute Gasteiger partial charge is 0.0133 e. The predicted molar refractivity (Wildman–Crippen MR) is 48.3 cm³/mol. The first-order valence-electron chi connectivity index (χ1n) is 4.41. The molecule has 0 saturated heterocycles. The van der Waals surface area contributed by atoms with Gasteiger partial charge in [-0.1, -0.05) is 29.9 Å². The van der Waals surface area contributed by atoms with Gasteiger partial charge >= 0.3 is 0 Å². The molecule has 2 aliphatic rings. The fourth-order valence-corrected chi connectivity index (χ4v) is 1.62. The average Bonchev–Trinajstić information content (AvgIpc) is 2.74. The number of rotatable bonds is 1. The van der Waals surface area contributed by atoms with Crippen LogP contribution in [-0.4, -0.2) is 0 Å². The van der Waals surface area contributed by atoms with E-state index in [2.05, 4.69) is 31.2 Å². The largest absolute Gasteiger partial charge is 0.0805 e. The van der Waals surface area contributed by atoms with E-state index in [0.717, 1.165) is 12.3 Å². The summed E-state index contributed by atoms with van der Waals surface area (Å²) in [5.74, 6) is 0.908. The summed E-state index contributed by atoms with van der Waals surface area (Å²) in [6.45, 7) is 2.26. The van der Waals surface area contributed by atoms with Crippen LogP contribution in [0.15, 0.2) is 35.5 Å². The summed E-state index contributed by atoms with van der Waals surface area (Å²) in [6, 6.07) is 0. The summed E-state index contributed by atoms with van der Waals surface area (Å²) in [6.07, 6.45) is 12.8. The minimum atomic E-state index is 0.908. The molecule has 0 bridgehead atoms. The monoisotopic (exact) mass is 146 g/mol. The van der Waals surface area contributed by atoms with Crippen molar-refractivity contribution in [3.05, 3.63) is 35.5 Å². The molecule has 1 fully saturated rings. The van der Waals surface area contributed by atoms with Crippen molar-refractivity contribution in [1.82, 2.24) is 0 Å². The van der Waals surface area contributed by atoms with Crippen LogP contribution in [-0.2, 0) is 0 Å². The third-order valence-corrected chi connectivity index (χ3v) is 2.46. The van der Waals surface area contributed by atoms with Gasteiger partial charge in [0.15, 0.2) is 0 Å². The van der Waals surface area contributed by atoms with E-state index in [9.17, 15) is 0 Å². The Balaban J connectivity index is 2.25. The van der Waals surface area contributed by atoms with Crippen LogP contribution in [0, 0.1) is 5.92 Å². The van der Waals surface area contributed by atoms with Gasteiger partial charge in [-0.3, -0.25) is 0 Å². The molecule has 0 aromatic carbocycles. The van der Waals surface area contributed by atoms with Crippen molar-refractivity contribution in [3.8, 4) is 0 Å². The highest BCUT2D eigenvalue weighted by molar-refractivity contribution is 5.35. The molecule has 1 saturated carbocycles. The molecule has 58 valence electrons. The predicted octanol–water partition coefficient (Wildman–Crippen LogP) is 3.23. The van der Waals surface area contributed by atoms with Crippen molar-refractivity contribution >= 4 is 0 Å². The van der Waals surface area contributed by atoms with Crippen LogP contribution in [0.25, 0.3) is 0 Å². The second kappa shape index (κ2) is 2.69. The molecule has 0 radical (unpaired) electrons. The summed E-state index contributed by atoms with van der Waals surface area (Å²) in [4.78, 5) is 0. The summed E-state index contributed by atoms with van der Waals surface area (Å²) in [5, 5.41) is 0. The average molecular weight is 146 g/mol. The molecule has 0 heteroatoms. The van der Waals surface area contributed by atoms with Gasteiger partial charge in [-0.25, -0.2) is 0 Å². The van der Waals surface area contributed by atoms with Crippen molar-refractivity contribution in [3.63, 3.8) is 0 Å². The zero-order chi connectivity index (χ0) is 7.68. The maximum absolute atomic E-state index is 2.29. The number of hydrogen-bond acceptors (Lipinski definition) is 0. The summed E-state index contributed by atoms with van der Waals surface area (Å²) in [5.41, 5.74) is 3.17. The number of hydrogen-bond donors (Lipinski definition) is 0. The third-order valence-electron chi connectivity index (χ3n) is 2.46. The van der Waals surface area contributed by atoms with E-state index in [4.69, 9.17) is 0 Å². The molecule has 0 heterocycles. The van der Waals surface area contributed by atoms with Gasteiger partial charge in [0.25, 0.3) is 0 Å². The van der Waals surface area contributed by atoms with Gasteiger partial charge in [0, 0.05) is 0 Å². The Bertz CT molecular complexity index is 237. The lowest BCUT2D eigenvalue weighted by Crippen LogP contribution is -1.85. The highest BCUT2D eigenvalue weighted by Gasteiger charge is 2.25. The van der Waals surface area contributed by atoms with Crippen LogP contribution in [0.5, 0.6) is 0 Å². The molecule has 0 spiro atoms. The molecule has 2 rings (SSSR count). The lowest BCUT2D eigenvalue weighted by atomic mass is 10.0. The Morgan fingerprint density at radius 3 is 2.82 bits per heavy atom. The fraction of sp³-hybridized carbons (Fsp3) is 0.455. The lowest BCUT2D eigenvalue weighted by Gasteiger charge is -2.02. The minimum Gasteiger partial charge on any atom is -0.0805 e. The van der Waals surface area contributed by atoms with Gasteiger partial charge in [-0.2, -0.15) is 0 Å². The van der Waals surface area contributed by atoms with Crippen molar-refractivity contribution in [2.45, 2.75) is 26.2 Å². The van der Waals surface area contributed by atoms with Crippen LogP contribution in [0.3, 0.4) is 0 Å². The van der Waals surface area contributed by atoms with E-state index < -0.39 is 0 Å². The van der Waals surface area contributed by atoms with Gasteiger partial charge in [-0.15, -0.1) is 0 Å². The van der Waals surface area contributed by atoms with Crippen molar-refractivity contribution in [2.24, 2.45) is 5.92 Å². The zero-order valence-corrected chi connectivity index (χ0v) is 7.01. The van der Waals surface area contributed by atoms with Crippen LogP contribution in [0.1, 0.15) is 26.2 Å². The first-order chi connectivity index (χ1) is 5.38. The molecule has 0 unspecified atom stereocenters. The van der Waals surface area contributed by atoms with Crippen LogP contribution < -0.4 is 0 Å². The Kier molecular flexibility index (Phi) is 1.69. The second-order valence-corrected chi connectivity index (χ2v) is 3.50. The molecule has 2 aliphatic carbocycles. The maximum Gasteiger partial charge on any atom is -0.0133 e. The summed E-state index contributed by atoms with van der Waals surface area (Å²) in [7, 11) is 0. The first-order valence-corrected chi connectivity index (χ1v) is 4.41. The van der Waals surface area contributed by atoms with E-state index in [0.29, 0.717) is 0 Å². The van der Waals surface area contributed by atoms with E-state index in [1.165, 1.54) is 12.8 Å². The third kappa shape index (κ3) is 1.45. The molecule has 0 aliphatic heterocycles. The fourth-order valence-electron chi connectivity index (χ4n) is 1.62. The van der Waals surface area contributed by atoms with E-state index >= 15 is 0 Å². The van der Waals surface area contributed by atoms with Gasteiger partial charge in [-0.05, 0) is 37.7 Å². The van der Waals surface area contributed by atoms with E-state index in [-0.39, 0.29) is 0 Å². The molecule has 0 nitrogen and oxygen atoms in total. The highest BCUT2D eigenvalue weighted by Crippen LogP contribution is 2.39. The topological polar surface area (TPSA) is 0 Å². The molecule has 0 aromatic heterocycles. The van der Waals surface area contributed by atoms with Crippen molar-refractivity contribution in [2.75, 3.05) is 0 Å². The van der Waals surface area contributed by atoms with Gasteiger partial charge in [0.1, 0.15) is 0 Å². The normalized spacial score (nSPS) is 24.1. The highest BCUT2D eigenvalue weighted by atomic mass is 14.3. The van der Waals surface area contributed by atoms with E-state index in [1.54, 1.807) is 11.1 Å². The molecule has 0 amide bonds. The van der Waals surface area contributed by atoms with Crippen molar-refractivity contribution in [1.29, 1.82) is 0 Å². The Labute approximate surface area is 68.3 Å². The standard InChI is InChI=1S/C11H14/c1-9-5-3-2-4-6-11(9)10-7-8-10/h2-4,6,10H,5,7-8H2,1H3. The van der Waals surface area contributed by atoms with E-state index in [1.807, 2.05) is 0 Å². The van der Waals surface area contributed by atoms with Gasteiger partial charge < -0.3 is 0 Å². The lowest BCUT2D eigenvalue weighted by molar-refractivity contribution is 0.996. The minimum absolute atomic E-state index is 0.908. The summed E-state index contributed by atoms with van der Waals surface area (Å²) >= 11 is 0. The SMILES string of the molecule is CC1=C(C2CC2)C=CC=CC1. The molecule has 0 aromatic rings. The molecular weight excluding hydrogens is 132 g/mol. The van der Waals surface area contributed by atoms with Crippen LogP contribution >= 0.6 is 0 Å². The quantitative estimate of drug-likeness (QED) is 0.532. The maximum atomic E-state index is 2.29. The van der Waals surface area contributed by atoms with Crippen molar-refractivity contribution < 1.29 is 0 Å². The van der Waals surface area contributed by atoms with Crippen LogP contribution in [0.4, 0.5) is 0 Å². The second-order valence-electron chi connectivity index (χ2n) is 3.50. The first kappa shape index (κ1) is 6.90. The van der Waals surface area contributed by atoms with Crippen LogP contribution in [0.2, 0.25) is 0 Å².